The Morgan fingerprint density at radius 3 is 2.67 bits per heavy atom. The summed E-state index contributed by atoms with van der Waals surface area (Å²) < 4.78 is 0. The van der Waals surface area contributed by atoms with Crippen LogP contribution in [0.4, 0.5) is 0 Å². The van der Waals surface area contributed by atoms with E-state index in [1.807, 2.05) is 12.1 Å². The number of carbonyl (C=O) groups is 1. The molecule has 1 aliphatic rings. The second-order valence-electron chi connectivity index (χ2n) is 7.01. The van der Waals surface area contributed by atoms with Gasteiger partial charge in [0, 0.05) is 17.0 Å². The van der Waals surface area contributed by atoms with Crippen molar-refractivity contribution in [3.63, 3.8) is 0 Å². The summed E-state index contributed by atoms with van der Waals surface area (Å²) in [6, 6.07) is 8.64. The Hall–Kier alpha value is -1.99. The van der Waals surface area contributed by atoms with Crippen molar-refractivity contribution < 1.29 is 4.79 Å². The average Bonchev–Trinajstić information content (AvgIpc) is 3.18. The Kier molecular flexibility index (Phi) is 6.79. The van der Waals surface area contributed by atoms with E-state index in [1.165, 1.54) is 36.2 Å². The van der Waals surface area contributed by atoms with Crippen LogP contribution in [0.3, 0.4) is 0 Å². The molecule has 0 saturated heterocycles. The molecule has 0 spiro atoms. The third kappa shape index (κ3) is 5.26. The molecule has 1 fully saturated rings. The summed E-state index contributed by atoms with van der Waals surface area (Å²) in [4.78, 5) is 16.8. The molecule has 1 heterocycles. The molecule has 2 atom stereocenters. The van der Waals surface area contributed by atoms with E-state index >= 15 is 0 Å². The SMILES string of the molecule is CCc1ccc(-c2nc(C(=O)NNC(=S)N[C@@H]3CCCC[C@@H]3C)cs2)cc1. The zero-order valence-corrected chi connectivity index (χ0v) is 17.4. The largest absolute Gasteiger partial charge is 0.358 e. The highest BCUT2D eigenvalue weighted by Crippen LogP contribution is 2.24. The maximum absolute atomic E-state index is 12.3. The molecule has 0 radical (unpaired) electrons. The molecule has 5 nitrogen and oxygen atoms in total. The quantitative estimate of drug-likeness (QED) is 0.532. The number of hydrogen-bond acceptors (Lipinski definition) is 4. The van der Waals surface area contributed by atoms with Crippen LogP contribution in [0.15, 0.2) is 29.6 Å². The molecule has 3 N–H and O–H groups in total. The van der Waals surface area contributed by atoms with E-state index in [4.69, 9.17) is 12.2 Å². The molecule has 27 heavy (non-hydrogen) atoms. The Bertz CT molecular complexity index is 788. The third-order valence-electron chi connectivity index (χ3n) is 5.06. The predicted octanol–water partition coefficient (Wildman–Crippen LogP) is 4.06. The van der Waals surface area contributed by atoms with Gasteiger partial charge in [-0.05, 0) is 43.0 Å². The highest BCUT2D eigenvalue weighted by Gasteiger charge is 2.22. The molecule has 1 saturated carbocycles. The number of rotatable bonds is 4. The van der Waals surface area contributed by atoms with Crippen molar-refractivity contribution in [2.45, 2.75) is 52.0 Å². The summed E-state index contributed by atoms with van der Waals surface area (Å²) in [7, 11) is 0. The van der Waals surface area contributed by atoms with Gasteiger partial charge in [-0.3, -0.25) is 15.6 Å². The topological polar surface area (TPSA) is 66.0 Å². The van der Waals surface area contributed by atoms with Crippen LogP contribution < -0.4 is 16.2 Å². The second-order valence-corrected chi connectivity index (χ2v) is 8.28. The first-order valence-electron chi connectivity index (χ1n) is 9.48. The molecule has 7 heteroatoms. The molecule has 3 rings (SSSR count). The fourth-order valence-electron chi connectivity index (χ4n) is 3.31. The smallest absolute Gasteiger partial charge is 0.289 e. The minimum Gasteiger partial charge on any atom is -0.358 e. The number of aromatic nitrogens is 1. The van der Waals surface area contributed by atoms with E-state index in [0.29, 0.717) is 22.8 Å². The van der Waals surface area contributed by atoms with Crippen molar-refractivity contribution in [1.29, 1.82) is 0 Å². The lowest BCUT2D eigenvalue weighted by atomic mass is 9.86. The van der Waals surface area contributed by atoms with Crippen LogP contribution in [0.1, 0.15) is 55.6 Å². The Balaban J connectivity index is 1.52. The van der Waals surface area contributed by atoms with Crippen LogP contribution in [0.5, 0.6) is 0 Å². The first kappa shape index (κ1) is 19.8. The lowest BCUT2D eigenvalue weighted by Gasteiger charge is -2.30. The normalized spacial score (nSPS) is 19.3. The number of nitrogens with one attached hydrogen (secondary N) is 3. The van der Waals surface area contributed by atoms with Gasteiger partial charge >= 0.3 is 0 Å². The highest BCUT2D eigenvalue weighted by atomic mass is 32.1. The van der Waals surface area contributed by atoms with Crippen LogP contribution in [-0.4, -0.2) is 22.0 Å². The minimum absolute atomic E-state index is 0.288. The van der Waals surface area contributed by atoms with E-state index in [9.17, 15) is 4.79 Å². The fourth-order valence-corrected chi connectivity index (χ4v) is 4.31. The van der Waals surface area contributed by atoms with E-state index in [0.717, 1.165) is 23.4 Å². The van der Waals surface area contributed by atoms with Gasteiger partial charge in [-0.25, -0.2) is 4.98 Å². The van der Waals surface area contributed by atoms with Crippen LogP contribution in [0.2, 0.25) is 0 Å². The number of carbonyl (C=O) groups excluding carboxylic acids is 1. The van der Waals surface area contributed by atoms with E-state index < -0.39 is 0 Å². The number of hydrazine groups is 1. The number of benzene rings is 1. The maximum Gasteiger partial charge on any atom is 0.289 e. The summed E-state index contributed by atoms with van der Waals surface area (Å²) in [5.74, 6) is 0.304. The van der Waals surface area contributed by atoms with Crippen LogP contribution in [0, 0.1) is 5.92 Å². The summed E-state index contributed by atoms with van der Waals surface area (Å²) in [6.45, 7) is 4.37. The summed E-state index contributed by atoms with van der Waals surface area (Å²) >= 11 is 6.77. The maximum atomic E-state index is 12.3. The fraction of sp³-hybridized carbons (Fsp3) is 0.450. The minimum atomic E-state index is -0.288. The molecular formula is C20H26N4OS2. The highest BCUT2D eigenvalue weighted by molar-refractivity contribution is 7.80. The zero-order chi connectivity index (χ0) is 19.2. The molecule has 1 aromatic carbocycles. The van der Waals surface area contributed by atoms with Gasteiger partial charge in [0.15, 0.2) is 5.11 Å². The van der Waals surface area contributed by atoms with Gasteiger partial charge in [0.1, 0.15) is 10.7 Å². The number of amides is 1. The predicted molar refractivity (Wildman–Crippen MR) is 115 cm³/mol. The van der Waals surface area contributed by atoms with Crippen molar-refractivity contribution >= 4 is 34.6 Å². The number of thiazole rings is 1. The van der Waals surface area contributed by atoms with Gasteiger partial charge in [-0.2, -0.15) is 0 Å². The second kappa shape index (κ2) is 9.28. The Morgan fingerprint density at radius 2 is 1.96 bits per heavy atom. The van der Waals surface area contributed by atoms with Gasteiger partial charge < -0.3 is 5.32 Å². The van der Waals surface area contributed by atoms with Crippen molar-refractivity contribution in [1.82, 2.24) is 21.2 Å². The number of thiocarbonyl (C=S) groups is 1. The van der Waals surface area contributed by atoms with Gasteiger partial charge in [0.25, 0.3) is 5.91 Å². The van der Waals surface area contributed by atoms with Gasteiger partial charge in [0.2, 0.25) is 0 Å². The molecular weight excluding hydrogens is 376 g/mol. The monoisotopic (exact) mass is 402 g/mol. The Morgan fingerprint density at radius 1 is 1.22 bits per heavy atom. The van der Waals surface area contributed by atoms with Crippen LogP contribution in [-0.2, 0) is 6.42 Å². The van der Waals surface area contributed by atoms with E-state index in [2.05, 4.69) is 47.1 Å². The lowest BCUT2D eigenvalue weighted by Crippen LogP contribution is -2.51. The zero-order valence-electron chi connectivity index (χ0n) is 15.7. The summed E-state index contributed by atoms with van der Waals surface area (Å²) in [6.07, 6.45) is 5.84. The first-order chi connectivity index (χ1) is 13.1. The molecule has 0 unspecified atom stereocenters. The molecule has 1 aromatic heterocycles. The summed E-state index contributed by atoms with van der Waals surface area (Å²) in [5, 5.41) is 6.35. The van der Waals surface area contributed by atoms with Gasteiger partial charge in [-0.15, -0.1) is 11.3 Å². The van der Waals surface area contributed by atoms with Crippen molar-refractivity contribution in [2.75, 3.05) is 0 Å². The standard InChI is InChI=1S/C20H26N4OS2/c1-3-14-8-10-15(11-9-14)19-21-17(12-27-19)18(25)23-24-20(26)22-16-7-5-4-6-13(16)2/h8-13,16H,3-7H2,1-2H3,(H,23,25)(H2,22,24,26)/t13-,16+/m0/s1. The third-order valence-corrected chi connectivity index (χ3v) is 6.17. The molecule has 1 aliphatic carbocycles. The molecule has 1 amide bonds. The van der Waals surface area contributed by atoms with Crippen molar-refractivity contribution in [3.8, 4) is 10.6 Å². The summed E-state index contributed by atoms with van der Waals surface area (Å²) in [5.41, 5.74) is 8.13. The van der Waals surface area contributed by atoms with E-state index in [1.54, 1.807) is 5.38 Å². The Labute approximate surface area is 169 Å². The molecule has 144 valence electrons. The van der Waals surface area contributed by atoms with E-state index in [-0.39, 0.29) is 5.91 Å². The van der Waals surface area contributed by atoms with Crippen molar-refractivity contribution in [3.05, 3.63) is 40.9 Å². The number of nitrogens with zero attached hydrogens (tertiary/aromatic N) is 1. The van der Waals surface area contributed by atoms with Gasteiger partial charge in [0.05, 0.1) is 0 Å². The van der Waals surface area contributed by atoms with Crippen molar-refractivity contribution in [2.24, 2.45) is 5.92 Å². The van der Waals surface area contributed by atoms with Crippen LogP contribution >= 0.6 is 23.6 Å². The average molecular weight is 403 g/mol. The molecule has 0 bridgehead atoms. The number of aryl methyl sites for hydroxylation is 1. The molecule has 2 aromatic rings. The molecule has 0 aliphatic heterocycles. The van der Waals surface area contributed by atoms with Gasteiger partial charge in [-0.1, -0.05) is 51.0 Å². The number of hydrogen-bond donors (Lipinski definition) is 3. The van der Waals surface area contributed by atoms with Crippen LogP contribution in [0.25, 0.3) is 10.6 Å². The first-order valence-corrected chi connectivity index (χ1v) is 10.8. The lowest BCUT2D eigenvalue weighted by molar-refractivity contribution is 0.0939.